The maximum Gasteiger partial charge on any atom is 0.0326 e. The van der Waals surface area contributed by atoms with Gasteiger partial charge in [0.05, 0.1) is 0 Å². The Balaban J connectivity index is 1.72. The van der Waals surface area contributed by atoms with E-state index < -0.39 is 0 Å². The van der Waals surface area contributed by atoms with E-state index in [0.29, 0.717) is 12.1 Å². The average Bonchev–Trinajstić information content (AvgIpc) is 3.05. The Hall–Kier alpha value is -2.48. The summed E-state index contributed by atoms with van der Waals surface area (Å²) in [4.78, 5) is 0. The second kappa shape index (κ2) is 5.88. The Morgan fingerprint density at radius 1 is 0.714 bits per heavy atom. The molecule has 1 heterocycles. The highest BCUT2D eigenvalue weighted by molar-refractivity contribution is 5.37. The summed E-state index contributed by atoms with van der Waals surface area (Å²) in [7, 11) is 0. The predicted molar refractivity (Wildman–Crippen MR) is 86.6 cm³/mol. The van der Waals surface area contributed by atoms with Crippen LogP contribution in [0.5, 0.6) is 0 Å². The SMILES string of the molecule is C#Cc1ccc(C2CCC(c3ccc(C#C)cc3)N2)cc1. The van der Waals surface area contributed by atoms with E-state index in [4.69, 9.17) is 12.8 Å². The molecule has 0 radical (unpaired) electrons. The van der Waals surface area contributed by atoms with E-state index in [1.54, 1.807) is 0 Å². The molecule has 1 aliphatic heterocycles. The van der Waals surface area contributed by atoms with Crippen molar-refractivity contribution in [2.24, 2.45) is 0 Å². The van der Waals surface area contributed by atoms with Gasteiger partial charge in [-0.1, -0.05) is 36.1 Å². The number of hydrogen-bond donors (Lipinski definition) is 1. The minimum Gasteiger partial charge on any atom is -0.303 e. The molecule has 0 aliphatic carbocycles. The fraction of sp³-hybridized carbons (Fsp3) is 0.200. The van der Waals surface area contributed by atoms with Gasteiger partial charge in [0.15, 0.2) is 0 Å². The molecule has 3 rings (SSSR count). The molecular weight excluding hydrogens is 254 g/mol. The smallest absolute Gasteiger partial charge is 0.0326 e. The van der Waals surface area contributed by atoms with Crippen molar-refractivity contribution in [3.8, 4) is 24.7 Å². The van der Waals surface area contributed by atoms with Gasteiger partial charge < -0.3 is 5.32 Å². The lowest BCUT2D eigenvalue weighted by atomic mass is 10.0. The second-order valence-electron chi connectivity index (χ2n) is 5.38. The molecule has 1 N–H and O–H groups in total. The molecule has 1 saturated heterocycles. The Labute approximate surface area is 126 Å². The normalized spacial score (nSPS) is 20.7. The molecule has 2 atom stereocenters. The van der Waals surface area contributed by atoms with Gasteiger partial charge in [-0.2, -0.15) is 0 Å². The predicted octanol–water partition coefficient (Wildman–Crippen LogP) is 3.82. The third-order valence-electron chi connectivity index (χ3n) is 4.11. The zero-order valence-electron chi connectivity index (χ0n) is 11.8. The van der Waals surface area contributed by atoms with Crippen LogP contribution in [0, 0.1) is 24.7 Å². The van der Waals surface area contributed by atoms with E-state index in [2.05, 4.69) is 41.4 Å². The fourth-order valence-corrected chi connectivity index (χ4v) is 2.89. The first-order valence-electron chi connectivity index (χ1n) is 7.19. The van der Waals surface area contributed by atoms with Crippen LogP contribution in [0.25, 0.3) is 0 Å². The van der Waals surface area contributed by atoms with E-state index in [0.717, 1.165) is 24.0 Å². The molecule has 0 bridgehead atoms. The molecule has 21 heavy (non-hydrogen) atoms. The summed E-state index contributed by atoms with van der Waals surface area (Å²) in [6.45, 7) is 0. The monoisotopic (exact) mass is 271 g/mol. The van der Waals surface area contributed by atoms with Crippen LogP contribution in [0.1, 0.15) is 47.2 Å². The molecule has 0 saturated carbocycles. The molecule has 1 heteroatoms. The van der Waals surface area contributed by atoms with Crippen LogP contribution in [-0.4, -0.2) is 0 Å². The third kappa shape index (κ3) is 2.84. The van der Waals surface area contributed by atoms with Crippen molar-refractivity contribution in [2.75, 3.05) is 0 Å². The average molecular weight is 271 g/mol. The molecule has 0 aromatic heterocycles. The lowest BCUT2D eigenvalue weighted by molar-refractivity contribution is 0.574. The maximum absolute atomic E-state index is 5.40. The number of rotatable bonds is 2. The fourth-order valence-electron chi connectivity index (χ4n) is 2.89. The Kier molecular flexibility index (Phi) is 3.78. The quantitative estimate of drug-likeness (QED) is 0.819. The van der Waals surface area contributed by atoms with Crippen LogP contribution in [0.3, 0.4) is 0 Å². The lowest BCUT2D eigenvalue weighted by Crippen LogP contribution is -2.17. The minimum absolute atomic E-state index is 0.397. The first-order chi connectivity index (χ1) is 10.3. The highest BCUT2D eigenvalue weighted by atomic mass is 15.0. The van der Waals surface area contributed by atoms with Crippen LogP contribution < -0.4 is 5.32 Å². The van der Waals surface area contributed by atoms with E-state index in [-0.39, 0.29) is 0 Å². The van der Waals surface area contributed by atoms with Crippen LogP contribution >= 0.6 is 0 Å². The molecule has 2 unspecified atom stereocenters. The van der Waals surface area contributed by atoms with Crippen LogP contribution in [0.4, 0.5) is 0 Å². The molecule has 102 valence electrons. The van der Waals surface area contributed by atoms with Crippen molar-refractivity contribution in [3.63, 3.8) is 0 Å². The summed E-state index contributed by atoms with van der Waals surface area (Å²) in [6.07, 6.45) is 13.1. The Morgan fingerprint density at radius 3 is 1.43 bits per heavy atom. The third-order valence-corrected chi connectivity index (χ3v) is 4.11. The second-order valence-corrected chi connectivity index (χ2v) is 5.38. The zero-order chi connectivity index (χ0) is 14.7. The molecular formula is C20H17N. The number of benzene rings is 2. The van der Waals surface area contributed by atoms with Crippen LogP contribution in [-0.2, 0) is 0 Å². The zero-order valence-corrected chi connectivity index (χ0v) is 11.8. The molecule has 0 amide bonds. The molecule has 2 aromatic carbocycles. The Bertz CT molecular complexity index is 632. The van der Waals surface area contributed by atoms with Gasteiger partial charge in [0.1, 0.15) is 0 Å². The summed E-state index contributed by atoms with van der Waals surface area (Å²) < 4.78 is 0. The summed E-state index contributed by atoms with van der Waals surface area (Å²) in [6, 6.07) is 17.3. The molecule has 2 aromatic rings. The first kappa shape index (κ1) is 13.5. The summed E-state index contributed by atoms with van der Waals surface area (Å²) in [5.74, 6) is 5.31. The Morgan fingerprint density at radius 2 is 1.10 bits per heavy atom. The highest BCUT2D eigenvalue weighted by Gasteiger charge is 2.25. The molecule has 1 nitrogen and oxygen atoms in total. The van der Waals surface area contributed by atoms with Crippen molar-refractivity contribution >= 4 is 0 Å². The van der Waals surface area contributed by atoms with Gasteiger partial charge in [-0.15, -0.1) is 12.8 Å². The van der Waals surface area contributed by atoms with E-state index in [9.17, 15) is 0 Å². The van der Waals surface area contributed by atoms with E-state index in [1.165, 1.54) is 11.1 Å². The number of terminal acetylenes is 2. The molecule has 1 fully saturated rings. The van der Waals surface area contributed by atoms with Gasteiger partial charge in [0, 0.05) is 23.2 Å². The first-order valence-corrected chi connectivity index (χ1v) is 7.19. The molecule has 1 aliphatic rings. The summed E-state index contributed by atoms with van der Waals surface area (Å²) in [5, 5.41) is 3.70. The topological polar surface area (TPSA) is 12.0 Å². The highest BCUT2D eigenvalue weighted by Crippen LogP contribution is 2.34. The van der Waals surface area contributed by atoms with Crippen molar-refractivity contribution < 1.29 is 0 Å². The van der Waals surface area contributed by atoms with Gasteiger partial charge in [0.2, 0.25) is 0 Å². The maximum atomic E-state index is 5.40. The number of hydrogen-bond acceptors (Lipinski definition) is 1. The van der Waals surface area contributed by atoms with Crippen LogP contribution in [0.2, 0.25) is 0 Å². The van der Waals surface area contributed by atoms with Crippen molar-refractivity contribution in [3.05, 3.63) is 70.8 Å². The van der Waals surface area contributed by atoms with Crippen molar-refractivity contribution in [1.29, 1.82) is 0 Å². The van der Waals surface area contributed by atoms with E-state index in [1.807, 2.05) is 24.3 Å². The summed E-state index contributed by atoms with van der Waals surface area (Å²) in [5.41, 5.74) is 4.46. The standard InChI is InChI=1S/C20H17N/c1-3-15-5-9-17(10-6-15)19-13-14-20(21-19)18-11-7-16(4-2)8-12-18/h1-2,5-12,19-21H,13-14H2. The molecule has 0 spiro atoms. The van der Waals surface area contributed by atoms with Gasteiger partial charge >= 0.3 is 0 Å². The lowest BCUT2D eigenvalue weighted by Gasteiger charge is -2.15. The van der Waals surface area contributed by atoms with Crippen molar-refractivity contribution in [1.82, 2.24) is 5.32 Å². The largest absolute Gasteiger partial charge is 0.303 e. The van der Waals surface area contributed by atoms with Gasteiger partial charge in [0.25, 0.3) is 0 Å². The number of nitrogens with one attached hydrogen (secondary N) is 1. The summed E-state index contributed by atoms with van der Waals surface area (Å²) >= 11 is 0. The van der Waals surface area contributed by atoms with Crippen LogP contribution in [0.15, 0.2) is 48.5 Å². The van der Waals surface area contributed by atoms with Crippen molar-refractivity contribution in [2.45, 2.75) is 24.9 Å². The van der Waals surface area contributed by atoms with Gasteiger partial charge in [-0.05, 0) is 48.2 Å². The van der Waals surface area contributed by atoms with Gasteiger partial charge in [-0.25, -0.2) is 0 Å². The van der Waals surface area contributed by atoms with Gasteiger partial charge in [-0.3, -0.25) is 0 Å². The minimum atomic E-state index is 0.397. The van der Waals surface area contributed by atoms with E-state index >= 15 is 0 Å².